The van der Waals surface area contributed by atoms with Crippen molar-refractivity contribution in [3.63, 3.8) is 0 Å². The Balaban J connectivity index is 1.48. The van der Waals surface area contributed by atoms with E-state index in [9.17, 15) is 15.0 Å². The van der Waals surface area contributed by atoms with E-state index >= 15 is 0 Å². The SMILES string of the molecule is NC(=O)CC(CCCCCc1c(-c2ccc(O)cc2)ccc2cc(O)ccc12)c1ccccc1. The monoisotopic (exact) mass is 453 g/mol. The highest BCUT2D eigenvalue weighted by Gasteiger charge is 2.15. The summed E-state index contributed by atoms with van der Waals surface area (Å²) in [4.78, 5) is 11.6. The highest BCUT2D eigenvalue weighted by Crippen LogP contribution is 2.34. The van der Waals surface area contributed by atoms with Crippen LogP contribution < -0.4 is 5.73 Å². The number of phenolic OH excluding ortho intramolecular Hbond substituents is 2. The molecule has 0 aliphatic heterocycles. The number of carbonyl (C=O) groups is 1. The summed E-state index contributed by atoms with van der Waals surface area (Å²) in [7, 11) is 0. The van der Waals surface area contributed by atoms with Crippen molar-refractivity contribution in [1.29, 1.82) is 0 Å². The van der Waals surface area contributed by atoms with E-state index in [1.165, 1.54) is 11.1 Å². The predicted molar refractivity (Wildman–Crippen MR) is 138 cm³/mol. The number of hydrogen-bond donors (Lipinski definition) is 3. The molecule has 1 unspecified atom stereocenters. The second-order valence-electron chi connectivity index (χ2n) is 8.92. The average Bonchev–Trinajstić information content (AvgIpc) is 2.84. The molecule has 0 spiro atoms. The molecular formula is C30H31NO3. The van der Waals surface area contributed by atoms with Gasteiger partial charge in [0.1, 0.15) is 11.5 Å². The molecule has 0 radical (unpaired) electrons. The van der Waals surface area contributed by atoms with Gasteiger partial charge in [0.2, 0.25) is 5.91 Å². The van der Waals surface area contributed by atoms with Crippen LogP contribution in [0.3, 0.4) is 0 Å². The number of carbonyl (C=O) groups excluding carboxylic acids is 1. The van der Waals surface area contributed by atoms with Crippen LogP contribution in [0.15, 0.2) is 84.9 Å². The standard InChI is InChI=1S/C30H31NO3/c31-30(34)20-23(21-7-3-1-4-8-21)9-5-2-6-10-29-27(22-11-14-25(32)15-12-22)17-13-24-19-26(33)16-18-28(24)29/h1,3-4,7-8,11-19,23,32-33H,2,5-6,9-10,20H2,(H2,31,34). The third-order valence-corrected chi connectivity index (χ3v) is 6.49. The van der Waals surface area contributed by atoms with Crippen molar-refractivity contribution in [3.05, 3.63) is 96.1 Å². The lowest BCUT2D eigenvalue weighted by Crippen LogP contribution is -2.15. The van der Waals surface area contributed by atoms with E-state index in [1.54, 1.807) is 24.3 Å². The topological polar surface area (TPSA) is 83.6 Å². The second kappa shape index (κ2) is 10.9. The molecule has 0 aliphatic rings. The second-order valence-corrected chi connectivity index (χ2v) is 8.92. The number of nitrogens with two attached hydrogens (primary N) is 1. The van der Waals surface area contributed by atoms with Crippen LogP contribution in [0.2, 0.25) is 0 Å². The van der Waals surface area contributed by atoms with E-state index in [4.69, 9.17) is 5.73 Å². The summed E-state index contributed by atoms with van der Waals surface area (Å²) >= 11 is 0. The van der Waals surface area contributed by atoms with Crippen molar-refractivity contribution in [2.75, 3.05) is 0 Å². The molecule has 0 aromatic heterocycles. The van der Waals surface area contributed by atoms with Gasteiger partial charge in [-0.05, 0) is 82.5 Å². The Labute approximate surface area is 200 Å². The van der Waals surface area contributed by atoms with E-state index in [2.05, 4.69) is 18.2 Å². The molecule has 0 saturated carbocycles. The molecule has 0 saturated heterocycles. The molecule has 1 atom stereocenters. The van der Waals surface area contributed by atoms with Crippen molar-refractivity contribution in [2.45, 2.75) is 44.4 Å². The summed E-state index contributed by atoms with van der Waals surface area (Å²) in [5.41, 5.74) is 10.1. The predicted octanol–water partition coefficient (Wildman–Crippen LogP) is 6.68. The first kappa shape index (κ1) is 23.4. The first-order valence-corrected chi connectivity index (χ1v) is 11.9. The maximum Gasteiger partial charge on any atom is 0.218 e. The molecule has 1 amide bonds. The third kappa shape index (κ3) is 5.76. The van der Waals surface area contributed by atoms with Gasteiger partial charge in [-0.3, -0.25) is 4.79 Å². The quantitative estimate of drug-likeness (QED) is 0.234. The fraction of sp³-hybridized carbons (Fsp3) is 0.233. The molecule has 4 N–H and O–H groups in total. The summed E-state index contributed by atoms with van der Waals surface area (Å²) in [5, 5.41) is 21.8. The number of aromatic hydroxyl groups is 2. The van der Waals surface area contributed by atoms with Gasteiger partial charge in [-0.15, -0.1) is 0 Å². The van der Waals surface area contributed by atoms with Gasteiger partial charge in [0.15, 0.2) is 0 Å². The minimum absolute atomic E-state index is 0.159. The third-order valence-electron chi connectivity index (χ3n) is 6.49. The summed E-state index contributed by atoms with van der Waals surface area (Å²) in [6.07, 6.45) is 5.30. The van der Waals surface area contributed by atoms with Gasteiger partial charge in [-0.1, -0.05) is 73.5 Å². The Morgan fingerprint density at radius 1 is 0.794 bits per heavy atom. The van der Waals surface area contributed by atoms with E-state index < -0.39 is 0 Å². The van der Waals surface area contributed by atoms with Crippen molar-refractivity contribution >= 4 is 16.7 Å². The van der Waals surface area contributed by atoms with E-state index in [0.717, 1.165) is 54.0 Å². The van der Waals surface area contributed by atoms with Gasteiger partial charge in [0.05, 0.1) is 0 Å². The Kier molecular flexibility index (Phi) is 7.48. The van der Waals surface area contributed by atoms with Crippen LogP contribution in [0.25, 0.3) is 21.9 Å². The molecule has 4 rings (SSSR count). The Morgan fingerprint density at radius 3 is 2.26 bits per heavy atom. The molecule has 0 fully saturated rings. The molecule has 0 aliphatic carbocycles. The van der Waals surface area contributed by atoms with Crippen LogP contribution in [0, 0.1) is 0 Å². The molecule has 4 aromatic rings. The van der Waals surface area contributed by atoms with Gasteiger partial charge in [-0.2, -0.15) is 0 Å². The molecule has 4 nitrogen and oxygen atoms in total. The van der Waals surface area contributed by atoms with Crippen LogP contribution in [0.4, 0.5) is 0 Å². The lowest BCUT2D eigenvalue weighted by atomic mass is 9.88. The largest absolute Gasteiger partial charge is 0.508 e. The highest BCUT2D eigenvalue weighted by atomic mass is 16.3. The summed E-state index contributed by atoms with van der Waals surface area (Å²) in [6, 6.07) is 27.1. The maximum atomic E-state index is 11.6. The smallest absolute Gasteiger partial charge is 0.218 e. The number of amides is 1. The minimum atomic E-state index is -0.258. The molecule has 4 aromatic carbocycles. The van der Waals surface area contributed by atoms with Crippen LogP contribution in [-0.2, 0) is 11.2 Å². The molecule has 174 valence electrons. The lowest BCUT2D eigenvalue weighted by molar-refractivity contribution is -0.118. The van der Waals surface area contributed by atoms with Gasteiger partial charge in [0.25, 0.3) is 0 Å². The number of primary amides is 1. The molecule has 0 bridgehead atoms. The number of phenols is 2. The van der Waals surface area contributed by atoms with Crippen molar-refractivity contribution < 1.29 is 15.0 Å². The number of benzene rings is 4. The van der Waals surface area contributed by atoms with E-state index in [1.807, 2.05) is 42.5 Å². The van der Waals surface area contributed by atoms with Crippen molar-refractivity contribution in [2.24, 2.45) is 5.73 Å². The summed E-state index contributed by atoms with van der Waals surface area (Å²) < 4.78 is 0. The van der Waals surface area contributed by atoms with Crippen LogP contribution in [0.1, 0.15) is 49.1 Å². The molecule has 4 heteroatoms. The number of rotatable bonds is 10. The van der Waals surface area contributed by atoms with Crippen LogP contribution in [0.5, 0.6) is 11.5 Å². The van der Waals surface area contributed by atoms with Gasteiger partial charge >= 0.3 is 0 Å². The van der Waals surface area contributed by atoms with Gasteiger partial charge < -0.3 is 15.9 Å². The minimum Gasteiger partial charge on any atom is -0.508 e. The Bertz CT molecular complexity index is 1250. The fourth-order valence-corrected chi connectivity index (χ4v) is 4.79. The summed E-state index contributed by atoms with van der Waals surface area (Å²) in [5.74, 6) is 0.412. The van der Waals surface area contributed by atoms with E-state index in [-0.39, 0.29) is 23.3 Å². The fourth-order valence-electron chi connectivity index (χ4n) is 4.79. The van der Waals surface area contributed by atoms with E-state index in [0.29, 0.717) is 6.42 Å². The van der Waals surface area contributed by atoms with Gasteiger partial charge in [0, 0.05) is 6.42 Å². The number of hydrogen-bond acceptors (Lipinski definition) is 3. The Morgan fingerprint density at radius 2 is 1.53 bits per heavy atom. The zero-order valence-electron chi connectivity index (χ0n) is 19.3. The maximum absolute atomic E-state index is 11.6. The zero-order valence-corrected chi connectivity index (χ0v) is 19.3. The first-order valence-electron chi connectivity index (χ1n) is 11.9. The normalized spacial score (nSPS) is 12.0. The molecule has 0 heterocycles. The Hall–Kier alpha value is -3.79. The highest BCUT2D eigenvalue weighted by molar-refractivity contribution is 5.92. The lowest BCUT2D eigenvalue weighted by Gasteiger charge is -2.17. The van der Waals surface area contributed by atoms with Crippen LogP contribution >= 0.6 is 0 Å². The molecular weight excluding hydrogens is 422 g/mol. The van der Waals surface area contributed by atoms with Crippen molar-refractivity contribution in [1.82, 2.24) is 0 Å². The first-order chi connectivity index (χ1) is 16.5. The number of aryl methyl sites for hydroxylation is 1. The van der Waals surface area contributed by atoms with Crippen LogP contribution in [-0.4, -0.2) is 16.1 Å². The zero-order chi connectivity index (χ0) is 23.9. The number of fused-ring (bicyclic) bond motifs is 1. The van der Waals surface area contributed by atoms with Gasteiger partial charge in [-0.25, -0.2) is 0 Å². The summed E-state index contributed by atoms with van der Waals surface area (Å²) in [6.45, 7) is 0. The van der Waals surface area contributed by atoms with Crippen molar-refractivity contribution in [3.8, 4) is 22.6 Å². The average molecular weight is 454 g/mol. The number of unbranched alkanes of at least 4 members (excludes halogenated alkanes) is 2. The molecule has 34 heavy (non-hydrogen) atoms.